The van der Waals surface area contributed by atoms with Crippen LogP contribution in [0.4, 0.5) is 10.1 Å². The highest BCUT2D eigenvalue weighted by Crippen LogP contribution is 2.30. The predicted molar refractivity (Wildman–Crippen MR) is 74.2 cm³/mol. The molecule has 1 fully saturated rings. The first-order chi connectivity index (χ1) is 8.59. The lowest BCUT2D eigenvalue weighted by atomic mass is 10.0. The Morgan fingerprint density at radius 1 is 1.33 bits per heavy atom. The van der Waals surface area contributed by atoms with Crippen molar-refractivity contribution in [2.75, 3.05) is 18.0 Å². The van der Waals surface area contributed by atoms with E-state index in [4.69, 9.17) is 5.73 Å². The summed E-state index contributed by atoms with van der Waals surface area (Å²) in [6.07, 6.45) is 3.62. The van der Waals surface area contributed by atoms with E-state index in [9.17, 15) is 4.39 Å². The van der Waals surface area contributed by atoms with E-state index < -0.39 is 0 Å². The van der Waals surface area contributed by atoms with Gasteiger partial charge in [-0.3, -0.25) is 0 Å². The highest BCUT2D eigenvalue weighted by molar-refractivity contribution is 5.55. The summed E-state index contributed by atoms with van der Waals surface area (Å²) >= 11 is 0. The predicted octanol–water partition coefficient (Wildman–Crippen LogP) is 3.47. The smallest absolute Gasteiger partial charge is 0.130 e. The van der Waals surface area contributed by atoms with Gasteiger partial charge >= 0.3 is 0 Å². The molecule has 0 radical (unpaired) electrons. The van der Waals surface area contributed by atoms with Crippen LogP contribution in [0.15, 0.2) is 18.2 Å². The second kappa shape index (κ2) is 5.70. The van der Waals surface area contributed by atoms with Crippen LogP contribution in [-0.4, -0.2) is 13.1 Å². The number of benzene rings is 1. The van der Waals surface area contributed by atoms with Crippen LogP contribution in [0.25, 0.3) is 0 Å². The van der Waals surface area contributed by atoms with Crippen LogP contribution in [0.2, 0.25) is 0 Å². The molecular formula is C15H23FN2. The molecule has 0 aliphatic carbocycles. The van der Waals surface area contributed by atoms with Crippen molar-refractivity contribution >= 4 is 5.69 Å². The second-order valence-electron chi connectivity index (χ2n) is 5.48. The normalized spacial score (nSPS) is 22.7. The molecule has 2 rings (SSSR count). The fourth-order valence-electron chi connectivity index (χ4n) is 2.76. The van der Waals surface area contributed by atoms with E-state index in [0.717, 1.165) is 24.7 Å². The molecule has 100 valence electrons. The molecule has 1 unspecified atom stereocenters. The first-order valence-corrected chi connectivity index (χ1v) is 6.88. The minimum atomic E-state index is -0.262. The average Bonchev–Trinajstić information content (AvgIpc) is 2.53. The molecule has 0 amide bonds. The van der Waals surface area contributed by atoms with Gasteiger partial charge < -0.3 is 10.6 Å². The molecule has 1 aromatic rings. The zero-order valence-corrected chi connectivity index (χ0v) is 11.3. The lowest BCUT2D eigenvalue weighted by molar-refractivity contribution is 0.521. The Labute approximate surface area is 109 Å². The summed E-state index contributed by atoms with van der Waals surface area (Å²) < 4.78 is 13.9. The van der Waals surface area contributed by atoms with Crippen molar-refractivity contribution in [3.8, 4) is 0 Å². The summed E-state index contributed by atoms with van der Waals surface area (Å²) in [6.45, 7) is 6.15. The highest BCUT2D eigenvalue weighted by atomic mass is 19.1. The van der Waals surface area contributed by atoms with Gasteiger partial charge in [0.15, 0.2) is 0 Å². The summed E-state index contributed by atoms with van der Waals surface area (Å²) in [7, 11) is 0. The van der Waals surface area contributed by atoms with Crippen molar-refractivity contribution in [3.63, 3.8) is 0 Å². The molecule has 2 atom stereocenters. The number of nitrogens with zero attached hydrogens (tertiary/aromatic N) is 1. The van der Waals surface area contributed by atoms with Gasteiger partial charge in [-0.15, -0.1) is 0 Å². The molecule has 0 bridgehead atoms. The maximum Gasteiger partial charge on any atom is 0.130 e. The van der Waals surface area contributed by atoms with E-state index in [2.05, 4.69) is 11.8 Å². The van der Waals surface area contributed by atoms with Crippen molar-refractivity contribution < 1.29 is 4.39 Å². The molecule has 1 heterocycles. The summed E-state index contributed by atoms with van der Waals surface area (Å²) in [5.74, 6) is 0.585. The molecule has 0 aromatic heterocycles. The Bertz CT molecular complexity index is 403. The Morgan fingerprint density at radius 2 is 2.11 bits per heavy atom. The van der Waals surface area contributed by atoms with Crippen LogP contribution in [0.3, 0.4) is 0 Å². The number of nitrogens with two attached hydrogens (primary N) is 1. The average molecular weight is 250 g/mol. The number of hydrogen-bond donors (Lipinski definition) is 1. The highest BCUT2D eigenvalue weighted by Gasteiger charge is 2.20. The topological polar surface area (TPSA) is 29.3 Å². The summed E-state index contributed by atoms with van der Waals surface area (Å²) in [4.78, 5) is 2.30. The maximum absolute atomic E-state index is 13.9. The lowest BCUT2D eigenvalue weighted by Gasteiger charge is -2.27. The van der Waals surface area contributed by atoms with Gasteiger partial charge in [0.2, 0.25) is 0 Å². The standard InChI is InChI=1S/C15H23FN2/c1-11-5-4-9-18(10-8-11)14-7-3-6-13(16)15(14)12(2)17/h3,6-7,11-12H,4-5,8-10,17H2,1-2H3/t11?,12-/m1/s1. The molecule has 1 saturated heterocycles. The molecule has 1 aliphatic rings. The number of anilines is 1. The molecule has 2 N–H and O–H groups in total. The first kappa shape index (κ1) is 13.3. The van der Waals surface area contributed by atoms with Gasteiger partial charge in [-0.25, -0.2) is 4.39 Å². The monoisotopic (exact) mass is 250 g/mol. The fourth-order valence-corrected chi connectivity index (χ4v) is 2.76. The Morgan fingerprint density at radius 3 is 2.83 bits per heavy atom. The third kappa shape index (κ3) is 2.83. The van der Waals surface area contributed by atoms with Crippen LogP contribution in [0, 0.1) is 11.7 Å². The molecule has 3 heteroatoms. The first-order valence-electron chi connectivity index (χ1n) is 6.88. The quantitative estimate of drug-likeness (QED) is 0.870. The van der Waals surface area contributed by atoms with Crippen molar-refractivity contribution in [3.05, 3.63) is 29.6 Å². The zero-order chi connectivity index (χ0) is 13.1. The SMILES string of the molecule is CC1CCCN(c2cccc(F)c2[C@@H](C)N)CC1. The minimum absolute atomic E-state index is 0.181. The third-order valence-corrected chi connectivity index (χ3v) is 3.84. The van der Waals surface area contributed by atoms with E-state index in [-0.39, 0.29) is 11.9 Å². The number of hydrogen-bond acceptors (Lipinski definition) is 2. The van der Waals surface area contributed by atoms with Gasteiger partial charge in [0, 0.05) is 30.4 Å². The lowest BCUT2D eigenvalue weighted by Crippen LogP contribution is -2.27. The molecular weight excluding hydrogens is 227 g/mol. The Hall–Kier alpha value is -1.09. The van der Waals surface area contributed by atoms with Gasteiger partial charge in [-0.1, -0.05) is 13.0 Å². The molecule has 1 aliphatic heterocycles. The van der Waals surface area contributed by atoms with Crippen molar-refractivity contribution in [1.82, 2.24) is 0 Å². The minimum Gasteiger partial charge on any atom is -0.371 e. The van der Waals surface area contributed by atoms with Gasteiger partial charge in [-0.2, -0.15) is 0 Å². The molecule has 1 aromatic carbocycles. The number of halogens is 1. The Balaban J connectivity index is 2.29. The molecule has 0 saturated carbocycles. The fraction of sp³-hybridized carbons (Fsp3) is 0.600. The second-order valence-corrected chi connectivity index (χ2v) is 5.48. The van der Waals surface area contributed by atoms with Crippen molar-refractivity contribution in [2.24, 2.45) is 11.7 Å². The van der Waals surface area contributed by atoms with Crippen LogP contribution in [0.1, 0.15) is 44.7 Å². The largest absolute Gasteiger partial charge is 0.371 e. The number of rotatable bonds is 2. The van der Waals surface area contributed by atoms with Gasteiger partial charge in [0.25, 0.3) is 0 Å². The van der Waals surface area contributed by atoms with Gasteiger partial charge in [-0.05, 0) is 44.2 Å². The summed E-state index contributed by atoms with van der Waals surface area (Å²) in [5, 5.41) is 0. The van der Waals surface area contributed by atoms with E-state index in [1.165, 1.54) is 25.3 Å². The maximum atomic E-state index is 13.9. The third-order valence-electron chi connectivity index (χ3n) is 3.84. The van der Waals surface area contributed by atoms with E-state index in [1.807, 2.05) is 13.0 Å². The van der Waals surface area contributed by atoms with E-state index in [1.54, 1.807) is 6.07 Å². The van der Waals surface area contributed by atoms with Crippen LogP contribution in [-0.2, 0) is 0 Å². The summed E-state index contributed by atoms with van der Waals surface area (Å²) in [5.41, 5.74) is 7.57. The van der Waals surface area contributed by atoms with E-state index >= 15 is 0 Å². The molecule has 0 spiro atoms. The van der Waals surface area contributed by atoms with Crippen LogP contribution < -0.4 is 10.6 Å². The zero-order valence-electron chi connectivity index (χ0n) is 11.3. The van der Waals surface area contributed by atoms with E-state index in [0.29, 0.717) is 5.56 Å². The van der Waals surface area contributed by atoms with Crippen molar-refractivity contribution in [2.45, 2.75) is 39.2 Å². The van der Waals surface area contributed by atoms with Crippen molar-refractivity contribution in [1.29, 1.82) is 0 Å². The molecule has 18 heavy (non-hydrogen) atoms. The summed E-state index contributed by atoms with van der Waals surface area (Å²) in [6, 6.07) is 5.02. The van der Waals surface area contributed by atoms with Gasteiger partial charge in [0.1, 0.15) is 5.82 Å². The van der Waals surface area contributed by atoms with Crippen LogP contribution in [0.5, 0.6) is 0 Å². The van der Waals surface area contributed by atoms with Crippen LogP contribution >= 0.6 is 0 Å². The van der Waals surface area contributed by atoms with Gasteiger partial charge in [0.05, 0.1) is 0 Å². The molecule has 2 nitrogen and oxygen atoms in total. The Kier molecular flexibility index (Phi) is 4.23.